The lowest BCUT2D eigenvalue weighted by Gasteiger charge is -2.27. The molecule has 2 heterocycles. The number of carbonyl (C=O) groups excluding carboxylic acids is 1. The standard InChI is InChI=1S/C29H26F6N6O2/c1-3-43-26(42)25-22(21-9-5-6-10-23(21)36-25)16-41(27-37-39-40(2)38-27)24-11-7-4-8-18(24)12-17-13-19(28(30,31)32)15-20(14-17)29(33,34)35/h4-11,13-15,36,39H,3,12,16H2,1-2H3,(H,37,38). The number of carbonyl (C=O) groups is 1. The zero-order valence-corrected chi connectivity index (χ0v) is 22.9. The molecular formula is C29H26F6N6O2. The number of hydrazine groups is 2. The number of guanidine groups is 1. The van der Waals surface area contributed by atoms with Gasteiger partial charge in [-0.2, -0.15) is 26.3 Å². The highest BCUT2D eigenvalue weighted by Gasteiger charge is 2.37. The predicted octanol–water partition coefficient (Wildman–Crippen LogP) is 6.21. The van der Waals surface area contributed by atoms with E-state index in [0.717, 1.165) is 17.5 Å². The number of alkyl halides is 6. The predicted molar refractivity (Wildman–Crippen MR) is 148 cm³/mol. The number of H-pyrrole nitrogens is 1. The molecule has 0 aliphatic carbocycles. The molecule has 0 saturated heterocycles. The molecule has 0 amide bonds. The van der Waals surface area contributed by atoms with E-state index in [1.54, 1.807) is 61.3 Å². The molecule has 1 aliphatic heterocycles. The van der Waals surface area contributed by atoms with Gasteiger partial charge < -0.3 is 14.6 Å². The number of hydrogen-bond donors (Lipinski definition) is 3. The van der Waals surface area contributed by atoms with Crippen LogP contribution in [0.4, 0.5) is 32.0 Å². The summed E-state index contributed by atoms with van der Waals surface area (Å²) in [6, 6.07) is 15.4. The van der Waals surface area contributed by atoms with E-state index in [4.69, 9.17) is 4.74 Å². The second-order valence-corrected chi connectivity index (χ2v) is 9.76. The molecule has 43 heavy (non-hydrogen) atoms. The normalized spacial score (nSPS) is 13.9. The Bertz CT molecular complexity index is 1650. The van der Waals surface area contributed by atoms with Crippen LogP contribution in [-0.2, 0) is 30.1 Å². The molecule has 1 aliphatic rings. The van der Waals surface area contributed by atoms with Crippen molar-refractivity contribution in [3.05, 3.63) is 100 Å². The Morgan fingerprint density at radius 1 is 0.953 bits per heavy atom. The fraction of sp³-hybridized carbons (Fsp3) is 0.241. The lowest BCUT2D eigenvalue weighted by molar-refractivity contribution is -0.143. The zero-order valence-electron chi connectivity index (χ0n) is 22.9. The van der Waals surface area contributed by atoms with Crippen molar-refractivity contribution >= 4 is 28.5 Å². The molecule has 1 aromatic heterocycles. The largest absolute Gasteiger partial charge is 0.461 e. The molecule has 0 fully saturated rings. The summed E-state index contributed by atoms with van der Waals surface area (Å²) in [6.07, 6.45) is -10.2. The van der Waals surface area contributed by atoms with Crippen LogP contribution in [0.5, 0.6) is 0 Å². The first-order valence-corrected chi connectivity index (χ1v) is 13.1. The number of nitrogens with one attached hydrogen (secondary N) is 3. The first-order valence-electron chi connectivity index (χ1n) is 13.1. The second kappa shape index (κ2) is 11.5. The summed E-state index contributed by atoms with van der Waals surface area (Å²) in [5, 5.41) is 6.47. The Kier molecular flexibility index (Phi) is 7.97. The molecule has 3 N–H and O–H groups in total. The summed E-state index contributed by atoms with van der Waals surface area (Å²) in [5.74, 6) is -0.308. The quantitative estimate of drug-likeness (QED) is 0.172. The topological polar surface area (TPSA) is 85.0 Å². The van der Waals surface area contributed by atoms with Crippen LogP contribution >= 0.6 is 0 Å². The molecule has 3 aromatic carbocycles. The van der Waals surface area contributed by atoms with Crippen molar-refractivity contribution in [3.63, 3.8) is 0 Å². The second-order valence-electron chi connectivity index (χ2n) is 9.76. The molecule has 14 heteroatoms. The number of anilines is 1. The van der Waals surface area contributed by atoms with E-state index in [2.05, 4.69) is 21.0 Å². The van der Waals surface area contributed by atoms with Gasteiger partial charge >= 0.3 is 18.3 Å². The van der Waals surface area contributed by atoms with Crippen molar-refractivity contribution in [2.24, 2.45) is 5.10 Å². The lowest BCUT2D eigenvalue weighted by atomic mass is 9.97. The van der Waals surface area contributed by atoms with E-state index in [9.17, 15) is 31.1 Å². The molecule has 5 rings (SSSR count). The molecule has 0 unspecified atom stereocenters. The minimum absolute atomic E-state index is 0.0346. The average molecular weight is 605 g/mol. The number of hydrogen-bond acceptors (Lipinski definition) is 7. The first-order chi connectivity index (χ1) is 20.3. The van der Waals surface area contributed by atoms with Crippen molar-refractivity contribution in [2.45, 2.75) is 32.2 Å². The maximum Gasteiger partial charge on any atom is 0.416 e. The van der Waals surface area contributed by atoms with Crippen molar-refractivity contribution < 1.29 is 35.9 Å². The Labute approximate surface area is 241 Å². The van der Waals surface area contributed by atoms with Crippen LogP contribution in [0.2, 0.25) is 0 Å². The Balaban J connectivity index is 1.62. The van der Waals surface area contributed by atoms with Gasteiger partial charge in [-0.3, -0.25) is 5.43 Å². The number of hydrazone groups is 1. The lowest BCUT2D eigenvalue weighted by Crippen LogP contribution is -2.45. The van der Waals surface area contributed by atoms with E-state index >= 15 is 0 Å². The summed E-state index contributed by atoms with van der Waals surface area (Å²) < 4.78 is 86.7. The number of benzene rings is 3. The summed E-state index contributed by atoms with van der Waals surface area (Å²) in [7, 11) is 1.65. The van der Waals surface area contributed by atoms with E-state index < -0.39 is 29.4 Å². The van der Waals surface area contributed by atoms with Gasteiger partial charge in [0.05, 0.1) is 24.3 Å². The average Bonchev–Trinajstić information content (AvgIpc) is 3.54. The van der Waals surface area contributed by atoms with Crippen LogP contribution in [0.15, 0.2) is 71.8 Å². The van der Waals surface area contributed by atoms with Gasteiger partial charge in [0.2, 0.25) is 5.96 Å². The molecule has 8 nitrogen and oxygen atoms in total. The van der Waals surface area contributed by atoms with Crippen molar-refractivity contribution in [2.75, 3.05) is 18.6 Å². The van der Waals surface area contributed by atoms with Crippen LogP contribution in [0.25, 0.3) is 10.9 Å². The van der Waals surface area contributed by atoms with E-state index in [1.807, 2.05) is 6.07 Å². The van der Waals surface area contributed by atoms with Gasteiger partial charge in [-0.1, -0.05) is 36.4 Å². The molecular weight excluding hydrogens is 578 g/mol. The molecule has 0 radical (unpaired) electrons. The SMILES string of the molecule is CCOC(=O)c1[nH]c2ccccc2c1CN(C1=NNN(C)N1)c1ccccc1Cc1cc(C(F)(F)F)cc(C(F)(F)F)c1. The summed E-state index contributed by atoms with van der Waals surface area (Å²) in [5.41, 5.74) is 5.08. The molecule has 4 aromatic rings. The summed E-state index contributed by atoms with van der Waals surface area (Å²) in [4.78, 5) is 17.7. The highest BCUT2D eigenvalue weighted by Crippen LogP contribution is 2.38. The molecule has 0 bridgehead atoms. The molecule has 0 saturated carbocycles. The van der Waals surface area contributed by atoms with Gasteiger partial charge in [0.25, 0.3) is 0 Å². The number of aromatic nitrogens is 1. The van der Waals surface area contributed by atoms with E-state index in [1.165, 1.54) is 5.12 Å². The number of rotatable bonds is 7. The zero-order chi connectivity index (χ0) is 30.9. The maximum absolute atomic E-state index is 13.6. The van der Waals surface area contributed by atoms with E-state index in [0.29, 0.717) is 22.3 Å². The fourth-order valence-corrected chi connectivity index (χ4v) is 4.88. The minimum atomic E-state index is -4.97. The number of nitrogens with zero attached hydrogens (tertiary/aromatic N) is 3. The van der Waals surface area contributed by atoms with Gasteiger partial charge in [-0.15, -0.1) is 10.2 Å². The van der Waals surface area contributed by atoms with Crippen molar-refractivity contribution in [1.29, 1.82) is 0 Å². The third-order valence-electron chi connectivity index (χ3n) is 6.76. The highest BCUT2D eigenvalue weighted by atomic mass is 19.4. The van der Waals surface area contributed by atoms with Crippen LogP contribution in [0.3, 0.4) is 0 Å². The van der Waals surface area contributed by atoms with Crippen LogP contribution in [0.1, 0.15) is 45.2 Å². The number of para-hydroxylation sites is 2. The summed E-state index contributed by atoms with van der Waals surface area (Å²) >= 11 is 0. The smallest absolute Gasteiger partial charge is 0.416 e. The van der Waals surface area contributed by atoms with Gasteiger partial charge in [0.15, 0.2) is 0 Å². The third-order valence-corrected chi connectivity index (χ3v) is 6.76. The van der Waals surface area contributed by atoms with Gasteiger partial charge in [-0.25, -0.2) is 10.3 Å². The van der Waals surface area contributed by atoms with Crippen LogP contribution < -0.4 is 15.9 Å². The third kappa shape index (κ3) is 6.38. The van der Waals surface area contributed by atoms with Gasteiger partial charge in [-0.05, 0) is 54.8 Å². The maximum atomic E-state index is 13.6. The van der Waals surface area contributed by atoms with Gasteiger partial charge in [0.1, 0.15) is 5.69 Å². The molecule has 226 valence electrons. The molecule has 0 spiro atoms. The Hall–Kier alpha value is -4.72. The Morgan fingerprint density at radius 3 is 2.23 bits per heavy atom. The van der Waals surface area contributed by atoms with E-state index in [-0.39, 0.29) is 42.9 Å². The highest BCUT2D eigenvalue weighted by molar-refractivity contribution is 6.01. The number of esters is 1. The minimum Gasteiger partial charge on any atom is -0.461 e. The summed E-state index contributed by atoms with van der Waals surface area (Å²) in [6.45, 7) is 1.85. The van der Waals surface area contributed by atoms with Crippen LogP contribution in [0, 0.1) is 0 Å². The van der Waals surface area contributed by atoms with Crippen molar-refractivity contribution in [1.82, 2.24) is 21.1 Å². The fourth-order valence-electron chi connectivity index (χ4n) is 4.88. The van der Waals surface area contributed by atoms with Gasteiger partial charge in [0, 0.05) is 29.2 Å². The number of ether oxygens (including phenoxy) is 1. The Morgan fingerprint density at radius 2 is 1.60 bits per heavy atom. The molecule has 0 atom stereocenters. The number of aromatic amines is 1. The van der Waals surface area contributed by atoms with Crippen molar-refractivity contribution in [3.8, 4) is 0 Å². The van der Waals surface area contributed by atoms with Crippen LogP contribution in [-0.4, -0.2) is 35.7 Å². The number of halogens is 6. The number of fused-ring (bicyclic) bond motifs is 1. The monoisotopic (exact) mass is 604 g/mol. The first kappa shape index (κ1) is 29.8.